The van der Waals surface area contributed by atoms with Crippen LogP contribution in [-0.4, -0.2) is 56.1 Å². The number of rotatable bonds is 5. The van der Waals surface area contributed by atoms with Crippen molar-refractivity contribution in [2.24, 2.45) is 0 Å². The molecule has 2 aromatic rings. The minimum absolute atomic E-state index is 0.0252. The topological polar surface area (TPSA) is 42.0 Å². The molecule has 0 radical (unpaired) electrons. The smallest absolute Gasteiger partial charge is 0.254 e. The van der Waals surface area contributed by atoms with Gasteiger partial charge in [0.2, 0.25) is 0 Å². The number of hydrogen-bond donors (Lipinski definition) is 0. The molecule has 0 unspecified atom stereocenters. The van der Waals surface area contributed by atoms with Gasteiger partial charge >= 0.3 is 0 Å². The molecule has 2 aromatic carbocycles. The van der Waals surface area contributed by atoms with E-state index in [9.17, 15) is 4.79 Å². The maximum Gasteiger partial charge on any atom is 0.254 e. The van der Waals surface area contributed by atoms with Gasteiger partial charge in [0.05, 0.1) is 14.2 Å². The predicted octanol–water partition coefficient (Wildman–Crippen LogP) is 2.97. The van der Waals surface area contributed by atoms with E-state index in [1.807, 2.05) is 4.90 Å². The van der Waals surface area contributed by atoms with Crippen LogP contribution in [0.25, 0.3) is 0 Å². The zero-order valence-electron chi connectivity index (χ0n) is 15.7. The van der Waals surface area contributed by atoms with E-state index in [0.717, 1.165) is 32.7 Å². The molecule has 5 nitrogen and oxygen atoms in total. The van der Waals surface area contributed by atoms with Crippen LogP contribution in [0.4, 0.5) is 0 Å². The van der Waals surface area contributed by atoms with Crippen molar-refractivity contribution < 1.29 is 14.3 Å². The van der Waals surface area contributed by atoms with E-state index >= 15 is 0 Å². The minimum Gasteiger partial charge on any atom is -0.497 e. The van der Waals surface area contributed by atoms with Crippen LogP contribution in [0, 0.1) is 6.92 Å². The summed E-state index contributed by atoms with van der Waals surface area (Å²) in [6.45, 7) is 6.23. The van der Waals surface area contributed by atoms with Crippen LogP contribution in [0.1, 0.15) is 21.5 Å². The van der Waals surface area contributed by atoms with Crippen LogP contribution in [0.15, 0.2) is 42.5 Å². The second kappa shape index (κ2) is 8.23. The number of nitrogens with zero attached hydrogens (tertiary/aromatic N) is 2. The Bertz CT molecular complexity index is 728. The van der Waals surface area contributed by atoms with Gasteiger partial charge in [-0.05, 0) is 24.6 Å². The molecule has 0 spiro atoms. The van der Waals surface area contributed by atoms with E-state index in [0.29, 0.717) is 17.1 Å². The number of piperazine rings is 1. The van der Waals surface area contributed by atoms with Crippen molar-refractivity contribution in [3.63, 3.8) is 0 Å². The molecule has 0 aromatic heterocycles. The van der Waals surface area contributed by atoms with Crippen molar-refractivity contribution in [3.05, 3.63) is 59.2 Å². The lowest BCUT2D eigenvalue weighted by molar-refractivity contribution is 0.0627. The summed E-state index contributed by atoms with van der Waals surface area (Å²) in [4.78, 5) is 17.1. The third kappa shape index (κ3) is 4.35. The first kappa shape index (κ1) is 18.3. The predicted molar refractivity (Wildman–Crippen MR) is 102 cm³/mol. The van der Waals surface area contributed by atoms with Crippen molar-refractivity contribution >= 4 is 5.91 Å². The summed E-state index contributed by atoms with van der Waals surface area (Å²) < 4.78 is 10.5. The van der Waals surface area contributed by atoms with Crippen LogP contribution in [0.5, 0.6) is 11.5 Å². The Labute approximate surface area is 155 Å². The Balaban J connectivity index is 1.60. The van der Waals surface area contributed by atoms with Crippen LogP contribution in [-0.2, 0) is 6.54 Å². The number of benzene rings is 2. The van der Waals surface area contributed by atoms with E-state index in [1.165, 1.54) is 11.1 Å². The van der Waals surface area contributed by atoms with E-state index in [-0.39, 0.29) is 5.91 Å². The van der Waals surface area contributed by atoms with Crippen molar-refractivity contribution in [2.45, 2.75) is 13.5 Å². The molecule has 0 bridgehead atoms. The van der Waals surface area contributed by atoms with Crippen LogP contribution in [0.3, 0.4) is 0 Å². The number of hydrogen-bond acceptors (Lipinski definition) is 4. The molecule has 1 amide bonds. The first-order valence-corrected chi connectivity index (χ1v) is 8.89. The lowest BCUT2D eigenvalue weighted by atomic mass is 10.1. The van der Waals surface area contributed by atoms with Gasteiger partial charge in [0.15, 0.2) is 0 Å². The summed E-state index contributed by atoms with van der Waals surface area (Å²) in [5, 5.41) is 0. The Hall–Kier alpha value is -2.53. The van der Waals surface area contributed by atoms with E-state index in [2.05, 4.69) is 36.1 Å². The first-order valence-electron chi connectivity index (χ1n) is 8.89. The molecule has 1 aliphatic heterocycles. The summed E-state index contributed by atoms with van der Waals surface area (Å²) in [7, 11) is 3.18. The summed E-state index contributed by atoms with van der Waals surface area (Å²) >= 11 is 0. The van der Waals surface area contributed by atoms with E-state index in [1.54, 1.807) is 32.4 Å². The molecule has 1 saturated heterocycles. The number of ether oxygens (including phenoxy) is 2. The van der Waals surface area contributed by atoms with E-state index in [4.69, 9.17) is 9.47 Å². The number of amides is 1. The molecule has 1 fully saturated rings. The van der Waals surface area contributed by atoms with Gasteiger partial charge < -0.3 is 14.4 Å². The zero-order chi connectivity index (χ0) is 18.5. The second-order valence-electron chi connectivity index (χ2n) is 6.66. The quantitative estimate of drug-likeness (QED) is 0.828. The number of carbonyl (C=O) groups excluding carboxylic acids is 1. The monoisotopic (exact) mass is 354 g/mol. The maximum absolute atomic E-state index is 12.8. The van der Waals surface area contributed by atoms with Crippen LogP contribution < -0.4 is 9.47 Å². The van der Waals surface area contributed by atoms with Crippen molar-refractivity contribution in [3.8, 4) is 11.5 Å². The minimum atomic E-state index is 0.0252. The molecular weight excluding hydrogens is 328 g/mol. The Morgan fingerprint density at radius 2 is 1.50 bits per heavy atom. The van der Waals surface area contributed by atoms with Crippen molar-refractivity contribution in [1.82, 2.24) is 9.80 Å². The lowest BCUT2D eigenvalue weighted by Crippen LogP contribution is -2.48. The summed E-state index contributed by atoms with van der Waals surface area (Å²) in [6.07, 6.45) is 0. The molecule has 0 atom stereocenters. The zero-order valence-corrected chi connectivity index (χ0v) is 15.7. The van der Waals surface area contributed by atoms with Crippen LogP contribution >= 0.6 is 0 Å². The average Bonchev–Trinajstić information content (AvgIpc) is 2.69. The van der Waals surface area contributed by atoms with Gasteiger partial charge in [0, 0.05) is 44.4 Å². The van der Waals surface area contributed by atoms with Crippen molar-refractivity contribution in [2.75, 3.05) is 40.4 Å². The summed E-state index contributed by atoms with van der Waals surface area (Å²) in [6, 6.07) is 13.9. The van der Waals surface area contributed by atoms with Gasteiger partial charge in [-0.25, -0.2) is 0 Å². The van der Waals surface area contributed by atoms with Gasteiger partial charge in [0.1, 0.15) is 11.5 Å². The fourth-order valence-corrected chi connectivity index (χ4v) is 3.17. The average molecular weight is 354 g/mol. The van der Waals surface area contributed by atoms with Crippen LogP contribution in [0.2, 0.25) is 0 Å². The highest BCUT2D eigenvalue weighted by atomic mass is 16.5. The first-order chi connectivity index (χ1) is 12.6. The molecule has 0 aliphatic carbocycles. The molecule has 0 N–H and O–H groups in total. The molecule has 138 valence electrons. The highest BCUT2D eigenvalue weighted by molar-refractivity contribution is 5.95. The Kier molecular flexibility index (Phi) is 5.78. The molecule has 0 saturated carbocycles. The summed E-state index contributed by atoms with van der Waals surface area (Å²) in [5.41, 5.74) is 3.19. The van der Waals surface area contributed by atoms with Gasteiger partial charge in [-0.3, -0.25) is 9.69 Å². The molecule has 5 heteroatoms. The summed E-state index contributed by atoms with van der Waals surface area (Å²) in [5.74, 6) is 1.29. The molecule has 3 rings (SSSR count). The Morgan fingerprint density at radius 3 is 2.04 bits per heavy atom. The highest BCUT2D eigenvalue weighted by Gasteiger charge is 2.23. The SMILES string of the molecule is COc1cc(OC)cc(C(=O)N2CCN(Cc3ccc(C)cc3)CC2)c1. The third-order valence-corrected chi connectivity index (χ3v) is 4.78. The molecule has 1 heterocycles. The standard InChI is InChI=1S/C21H26N2O3/c1-16-4-6-17(7-5-16)15-22-8-10-23(11-9-22)21(24)18-12-19(25-2)14-20(13-18)26-3/h4-7,12-14H,8-11,15H2,1-3H3. The molecular formula is C21H26N2O3. The highest BCUT2D eigenvalue weighted by Crippen LogP contribution is 2.24. The Morgan fingerprint density at radius 1 is 0.923 bits per heavy atom. The van der Waals surface area contributed by atoms with Gasteiger partial charge in [-0.15, -0.1) is 0 Å². The second-order valence-corrected chi connectivity index (χ2v) is 6.66. The van der Waals surface area contributed by atoms with Gasteiger partial charge in [0.25, 0.3) is 5.91 Å². The maximum atomic E-state index is 12.8. The fraction of sp³-hybridized carbons (Fsp3) is 0.381. The number of carbonyl (C=O) groups is 1. The molecule has 26 heavy (non-hydrogen) atoms. The number of methoxy groups -OCH3 is 2. The van der Waals surface area contributed by atoms with Crippen molar-refractivity contribution in [1.29, 1.82) is 0 Å². The largest absolute Gasteiger partial charge is 0.497 e. The fourth-order valence-electron chi connectivity index (χ4n) is 3.17. The third-order valence-electron chi connectivity index (χ3n) is 4.78. The molecule has 1 aliphatic rings. The number of aryl methyl sites for hydroxylation is 1. The van der Waals surface area contributed by atoms with Gasteiger partial charge in [-0.2, -0.15) is 0 Å². The van der Waals surface area contributed by atoms with Gasteiger partial charge in [-0.1, -0.05) is 29.8 Å². The lowest BCUT2D eigenvalue weighted by Gasteiger charge is -2.35. The van der Waals surface area contributed by atoms with E-state index < -0.39 is 0 Å². The normalized spacial score (nSPS) is 15.0.